The van der Waals surface area contributed by atoms with Crippen molar-refractivity contribution in [3.05, 3.63) is 35.9 Å². The van der Waals surface area contributed by atoms with Crippen molar-refractivity contribution in [1.29, 1.82) is 0 Å². The second kappa shape index (κ2) is 5.99. The van der Waals surface area contributed by atoms with Gasteiger partial charge in [0.2, 0.25) is 0 Å². The zero-order valence-electron chi connectivity index (χ0n) is 12.9. The topological polar surface area (TPSA) is 56.9 Å². The maximum absolute atomic E-state index is 5.94. The molecule has 6 heteroatoms. The van der Waals surface area contributed by atoms with Crippen molar-refractivity contribution in [2.45, 2.75) is 45.0 Å². The third-order valence-electron chi connectivity index (χ3n) is 4.19. The van der Waals surface area contributed by atoms with E-state index in [0.717, 1.165) is 19.6 Å². The van der Waals surface area contributed by atoms with Gasteiger partial charge in [-0.15, -0.1) is 0 Å². The number of hydrogen-bond acceptors (Lipinski definition) is 4. The Morgan fingerprint density at radius 3 is 3.00 bits per heavy atom. The molecule has 6 nitrogen and oxygen atoms in total. The molecule has 3 atom stereocenters. The Bertz CT molecular complexity index is 577. The lowest BCUT2D eigenvalue weighted by molar-refractivity contribution is 0.0956. The summed E-state index contributed by atoms with van der Waals surface area (Å²) in [5.41, 5.74) is 2.37. The highest BCUT2D eigenvalue weighted by Crippen LogP contribution is 2.31. The molecule has 1 unspecified atom stereocenters. The number of aromatic nitrogens is 4. The Balaban J connectivity index is 1.65. The molecule has 0 radical (unpaired) electrons. The van der Waals surface area contributed by atoms with E-state index in [4.69, 9.17) is 4.74 Å². The Kier molecular flexibility index (Phi) is 4.07. The quantitative estimate of drug-likeness (QED) is 0.905. The third kappa shape index (κ3) is 3.01. The van der Waals surface area contributed by atoms with Gasteiger partial charge in [0.15, 0.2) is 0 Å². The van der Waals surface area contributed by atoms with Gasteiger partial charge in [0.1, 0.15) is 6.10 Å². The normalized spacial score (nSPS) is 23.6. The Labute approximate surface area is 125 Å². The summed E-state index contributed by atoms with van der Waals surface area (Å²) in [5.74, 6) is 0. The standard InChI is InChI=1S/C15H23N5O/c1-11(10-20-7-4-6-16-20)18-14-5-8-21-15(14)13-9-17-19(3)12(13)2/h4,6-7,9,11,14-15,18H,5,8,10H2,1-3H3/t11?,14-,15+/m0/s1. The van der Waals surface area contributed by atoms with Gasteiger partial charge in [-0.05, 0) is 26.3 Å². The maximum Gasteiger partial charge on any atom is 0.101 e. The minimum absolute atomic E-state index is 0.0961. The molecule has 1 N–H and O–H groups in total. The lowest BCUT2D eigenvalue weighted by Crippen LogP contribution is -2.40. The van der Waals surface area contributed by atoms with E-state index in [1.54, 1.807) is 0 Å². The van der Waals surface area contributed by atoms with Crippen molar-refractivity contribution in [3.63, 3.8) is 0 Å². The van der Waals surface area contributed by atoms with Crippen LogP contribution < -0.4 is 5.32 Å². The number of hydrogen-bond donors (Lipinski definition) is 1. The van der Waals surface area contributed by atoms with Crippen LogP contribution in [0.25, 0.3) is 0 Å². The number of aryl methyl sites for hydroxylation is 1. The first-order valence-electron chi connectivity index (χ1n) is 7.48. The SMILES string of the molecule is Cc1c([C@H]2OCC[C@@H]2NC(C)Cn2cccn2)cnn1C. The van der Waals surface area contributed by atoms with E-state index in [1.807, 2.05) is 41.1 Å². The van der Waals surface area contributed by atoms with Crippen molar-refractivity contribution in [2.24, 2.45) is 7.05 Å². The minimum Gasteiger partial charge on any atom is -0.372 e. The molecule has 0 spiro atoms. The van der Waals surface area contributed by atoms with Crippen molar-refractivity contribution >= 4 is 0 Å². The van der Waals surface area contributed by atoms with Crippen LogP contribution in [0.1, 0.15) is 30.7 Å². The van der Waals surface area contributed by atoms with Gasteiger partial charge in [0.05, 0.1) is 12.7 Å². The van der Waals surface area contributed by atoms with Gasteiger partial charge < -0.3 is 10.1 Å². The van der Waals surface area contributed by atoms with Crippen LogP contribution in [0.4, 0.5) is 0 Å². The van der Waals surface area contributed by atoms with Gasteiger partial charge in [-0.1, -0.05) is 0 Å². The van der Waals surface area contributed by atoms with Crippen LogP contribution >= 0.6 is 0 Å². The van der Waals surface area contributed by atoms with Gasteiger partial charge in [-0.25, -0.2) is 0 Å². The van der Waals surface area contributed by atoms with Crippen molar-refractivity contribution in [1.82, 2.24) is 24.9 Å². The Morgan fingerprint density at radius 2 is 2.33 bits per heavy atom. The molecule has 3 rings (SSSR count). The fourth-order valence-corrected chi connectivity index (χ4v) is 2.97. The van der Waals surface area contributed by atoms with Gasteiger partial charge in [-0.2, -0.15) is 10.2 Å². The number of ether oxygens (including phenoxy) is 1. The van der Waals surface area contributed by atoms with E-state index in [-0.39, 0.29) is 6.10 Å². The van der Waals surface area contributed by atoms with Crippen LogP contribution in [0.15, 0.2) is 24.7 Å². The summed E-state index contributed by atoms with van der Waals surface area (Å²) >= 11 is 0. The van der Waals surface area contributed by atoms with Gasteiger partial charge in [-0.3, -0.25) is 9.36 Å². The molecule has 0 saturated carbocycles. The molecule has 0 bridgehead atoms. The monoisotopic (exact) mass is 289 g/mol. The highest BCUT2D eigenvalue weighted by Gasteiger charge is 2.32. The molecule has 2 aromatic heterocycles. The summed E-state index contributed by atoms with van der Waals surface area (Å²) in [4.78, 5) is 0. The average Bonchev–Trinajstić information content (AvgIpc) is 3.15. The summed E-state index contributed by atoms with van der Waals surface area (Å²) in [6, 6.07) is 2.63. The van der Waals surface area contributed by atoms with E-state index < -0.39 is 0 Å². The maximum atomic E-state index is 5.94. The van der Waals surface area contributed by atoms with E-state index in [9.17, 15) is 0 Å². The lowest BCUT2D eigenvalue weighted by Gasteiger charge is -2.24. The molecule has 0 aliphatic carbocycles. The summed E-state index contributed by atoms with van der Waals surface area (Å²) in [6.07, 6.45) is 6.86. The van der Waals surface area contributed by atoms with E-state index in [2.05, 4.69) is 29.4 Å². The molecular weight excluding hydrogens is 266 g/mol. The van der Waals surface area contributed by atoms with Crippen molar-refractivity contribution in [2.75, 3.05) is 6.61 Å². The average molecular weight is 289 g/mol. The van der Waals surface area contributed by atoms with Gasteiger partial charge in [0.25, 0.3) is 0 Å². The van der Waals surface area contributed by atoms with Crippen molar-refractivity contribution < 1.29 is 4.74 Å². The number of nitrogens with zero attached hydrogens (tertiary/aromatic N) is 4. The van der Waals surface area contributed by atoms with Crippen LogP contribution in [0.2, 0.25) is 0 Å². The first-order chi connectivity index (χ1) is 10.1. The zero-order valence-corrected chi connectivity index (χ0v) is 12.9. The molecule has 0 aromatic carbocycles. The highest BCUT2D eigenvalue weighted by molar-refractivity contribution is 5.22. The predicted octanol–water partition coefficient (Wildman–Crippen LogP) is 1.43. The molecule has 1 aliphatic rings. The fourth-order valence-electron chi connectivity index (χ4n) is 2.97. The molecule has 1 saturated heterocycles. The molecule has 114 valence electrons. The molecule has 0 amide bonds. The van der Waals surface area contributed by atoms with Crippen LogP contribution in [-0.4, -0.2) is 38.3 Å². The van der Waals surface area contributed by atoms with Crippen LogP contribution in [0.3, 0.4) is 0 Å². The largest absolute Gasteiger partial charge is 0.372 e. The van der Waals surface area contributed by atoms with Gasteiger partial charge in [0, 0.05) is 49.4 Å². The second-order valence-electron chi connectivity index (χ2n) is 5.79. The highest BCUT2D eigenvalue weighted by atomic mass is 16.5. The van der Waals surface area contributed by atoms with Crippen LogP contribution in [0.5, 0.6) is 0 Å². The van der Waals surface area contributed by atoms with E-state index in [1.165, 1.54) is 11.3 Å². The Hall–Kier alpha value is -1.66. The second-order valence-corrected chi connectivity index (χ2v) is 5.79. The molecular formula is C15H23N5O. The molecule has 21 heavy (non-hydrogen) atoms. The summed E-state index contributed by atoms with van der Waals surface area (Å²) in [5, 5.41) is 12.3. The predicted molar refractivity (Wildman–Crippen MR) is 79.9 cm³/mol. The fraction of sp³-hybridized carbons (Fsp3) is 0.600. The number of nitrogens with one attached hydrogen (secondary N) is 1. The van der Waals surface area contributed by atoms with Crippen molar-refractivity contribution in [3.8, 4) is 0 Å². The minimum atomic E-state index is 0.0961. The molecule has 3 heterocycles. The van der Waals surface area contributed by atoms with Gasteiger partial charge >= 0.3 is 0 Å². The molecule has 2 aromatic rings. The first kappa shape index (κ1) is 14.3. The third-order valence-corrected chi connectivity index (χ3v) is 4.19. The first-order valence-corrected chi connectivity index (χ1v) is 7.48. The van der Waals surface area contributed by atoms with Crippen LogP contribution in [0, 0.1) is 6.92 Å². The smallest absolute Gasteiger partial charge is 0.101 e. The summed E-state index contributed by atoms with van der Waals surface area (Å²) in [6.45, 7) is 5.94. The van der Waals surface area contributed by atoms with E-state index >= 15 is 0 Å². The summed E-state index contributed by atoms with van der Waals surface area (Å²) in [7, 11) is 1.97. The molecule has 1 aliphatic heterocycles. The lowest BCUT2D eigenvalue weighted by atomic mass is 10.0. The Morgan fingerprint density at radius 1 is 1.48 bits per heavy atom. The van der Waals surface area contributed by atoms with Crippen LogP contribution in [-0.2, 0) is 18.3 Å². The molecule has 1 fully saturated rings. The summed E-state index contributed by atoms with van der Waals surface area (Å²) < 4.78 is 9.80. The zero-order chi connectivity index (χ0) is 14.8. The number of rotatable bonds is 5. The van der Waals surface area contributed by atoms with E-state index in [0.29, 0.717) is 12.1 Å².